The number of pyridine rings is 1. The van der Waals surface area contributed by atoms with Crippen LogP contribution in [0.25, 0.3) is 0 Å². The molecule has 1 fully saturated rings. The summed E-state index contributed by atoms with van der Waals surface area (Å²) in [7, 11) is 0. The zero-order chi connectivity index (χ0) is 19.9. The smallest absolute Gasteiger partial charge is 0.169 e. The molecule has 0 atom stereocenters. The first-order chi connectivity index (χ1) is 13.8. The van der Waals surface area contributed by atoms with Crippen LogP contribution in [0.1, 0.15) is 102 Å². The number of hydrogen-bond donors (Lipinski definition) is 1. The molecule has 1 aromatic heterocycles. The molecule has 1 aliphatic carbocycles. The average molecular weight is 404 g/mol. The van der Waals surface area contributed by atoms with Crippen molar-refractivity contribution in [2.45, 2.75) is 109 Å². The maximum atomic E-state index is 5.78. The third kappa shape index (κ3) is 9.36. The van der Waals surface area contributed by atoms with Gasteiger partial charge in [0.25, 0.3) is 0 Å². The summed E-state index contributed by atoms with van der Waals surface area (Å²) < 4.78 is 0. The monoisotopic (exact) mass is 403 g/mol. The van der Waals surface area contributed by atoms with Crippen LogP contribution in [0.15, 0.2) is 24.5 Å². The number of rotatable bonds is 14. The van der Waals surface area contributed by atoms with Gasteiger partial charge in [-0.2, -0.15) is 0 Å². The first kappa shape index (κ1) is 23.1. The minimum atomic E-state index is 0.598. The van der Waals surface area contributed by atoms with Crippen LogP contribution in [0.4, 0.5) is 0 Å². The highest BCUT2D eigenvalue weighted by Gasteiger charge is 2.24. The van der Waals surface area contributed by atoms with Crippen LogP contribution in [0.2, 0.25) is 0 Å². The van der Waals surface area contributed by atoms with Gasteiger partial charge in [0.15, 0.2) is 5.11 Å². The van der Waals surface area contributed by atoms with Gasteiger partial charge in [0, 0.05) is 31.5 Å². The van der Waals surface area contributed by atoms with Crippen molar-refractivity contribution < 1.29 is 0 Å². The van der Waals surface area contributed by atoms with Crippen LogP contribution in [0, 0.1) is 0 Å². The molecule has 1 N–H and O–H groups in total. The topological polar surface area (TPSA) is 28.2 Å². The van der Waals surface area contributed by atoms with Crippen molar-refractivity contribution in [1.29, 1.82) is 0 Å². The molecule has 0 amide bonds. The van der Waals surface area contributed by atoms with Crippen LogP contribution in [-0.2, 0) is 6.54 Å². The third-order valence-electron chi connectivity index (χ3n) is 5.94. The van der Waals surface area contributed by atoms with E-state index >= 15 is 0 Å². The lowest BCUT2D eigenvalue weighted by molar-refractivity contribution is 0.303. The molecule has 0 saturated heterocycles. The standard InChI is InChI=1S/C24H41N3S/c1-2-3-4-5-6-7-8-9-10-13-18-26-24(28)27(23-14-11-12-15-23)21-22-16-19-25-20-17-22/h16-17,19-20,23H,2-15,18,21H2,1H3,(H,26,28). The second kappa shape index (κ2) is 14.8. The molecule has 3 nitrogen and oxygen atoms in total. The Hall–Kier alpha value is -1.16. The molecule has 1 aliphatic rings. The van der Waals surface area contributed by atoms with Crippen molar-refractivity contribution in [3.63, 3.8) is 0 Å². The molecule has 0 radical (unpaired) electrons. The van der Waals surface area contributed by atoms with Gasteiger partial charge in [0.2, 0.25) is 0 Å². The van der Waals surface area contributed by atoms with Crippen LogP contribution >= 0.6 is 12.2 Å². The summed E-state index contributed by atoms with van der Waals surface area (Å²) in [5.74, 6) is 0. The molecule has 4 heteroatoms. The molecule has 28 heavy (non-hydrogen) atoms. The van der Waals surface area contributed by atoms with Gasteiger partial charge in [0.1, 0.15) is 0 Å². The van der Waals surface area contributed by atoms with Gasteiger partial charge in [-0.05, 0) is 49.2 Å². The van der Waals surface area contributed by atoms with Gasteiger partial charge in [-0.25, -0.2) is 0 Å². The van der Waals surface area contributed by atoms with Gasteiger partial charge < -0.3 is 10.2 Å². The van der Waals surface area contributed by atoms with E-state index in [4.69, 9.17) is 12.2 Å². The maximum Gasteiger partial charge on any atom is 0.169 e. The molecule has 158 valence electrons. The van der Waals surface area contributed by atoms with Crippen molar-refractivity contribution >= 4 is 17.3 Å². The van der Waals surface area contributed by atoms with Gasteiger partial charge in [-0.15, -0.1) is 0 Å². The Kier molecular flexibility index (Phi) is 12.2. The quantitative estimate of drug-likeness (QED) is 0.279. The molecular weight excluding hydrogens is 362 g/mol. The first-order valence-electron chi connectivity index (χ1n) is 11.7. The number of thiocarbonyl (C=S) groups is 1. The number of unbranched alkanes of at least 4 members (excludes halogenated alkanes) is 9. The largest absolute Gasteiger partial charge is 0.363 e. The molecule has 0 unspecified atom stereocenters. The number of nitrogens with zero attached hydrogens (tertiary/aromatic N) is 2. The molecule has 0 aromatic carbocycles. The SMILES string of the molecule is CCCCCCCCCCCCNC(=S)N(Cc1ccncc1)C1CCCC1. The van der Waals surface area contributed by atoms with Crippen molar-refractivity contribution in [1.82, 2.24) is 15.2 Å². The van der Waals surface area contributed by atoms with E-state index in [1.165, 1.54) is 95.5 Å². The van der Waals surface area contributed by atoms with Gasteiger partial charge in [-0.1, -0.05) is 77.6 Å². The van der Waals surface area contributed by atoms with E-state index in [0.29, 0.717) is 6.04 Å². The second-order valence-electron chi connectivity index (χ2n) is 8.34. The fourth-order valence-electron chi connectivity index (χ4n) is 4.18. The summed E-state index contributed by atoms with van der Waals surface area (Å²) in [6, 6.07) is 4.81. The summed E-state index contributed by atoms with van der Waals surface area (Å²) in [5.41, 5.74) is 1.30. The molecule has 2 rings (SSSR count). The van der Waals surface area contributed by atoms with E-state index in [0.717, 1.165) is 18.2 Å². The summed E-state index contributed by atoms with van der Waals surface area (Å²) in [4.78, 5) is 6.56. The Balaban J connectivity index is 1.59. The molecule has 0 aliphatic heterocycles. The van der Waals surface area contributed by atoms with Crippen molar-refractivity contribution in [3.8, 4) is 0 Å². The highest BCUT2D eigenvalue weighted by Crippen LogP contribution is 2.25. The number of aromatic nitrogens is 1. The van der Waals surface area contributed by atoms with E-state index in [1.54, 1.807) is 0 Å². The van der Waals surface area contributed by atoms with E-state index in [-0.39, 0.29) is 0 Å². The molecule has 0 bridgehead atoms. The van der Waals surface area contributed by atoms with Gasteiger partial charge in [0.05, 0.1) is 0 Å². The van der Waals surface area contributed by atoms with Crippen LogP contribution in [0.3, 0.4) is 0 Å². The summed E-state index contributed by atoms with van der Waals surface area (Å²) in [6.07, 6.45) is 22.7. The minimum absolute atomic E-state index is 0.598. The van der Waals surface area contributed by atoms with Crippen LogP contribution < -0.4 is 5.32 Å². The second-order valence-corrected chi connectivity index (χ2v) is 8.72. The Morgan fingerprint density at radius 2 is 1.54 bits per heavy atom. The average Bonchev–Trinajstić information content (AvgIpc) is 3.25. The molecule has 1 aromatic rings. The molecule has 0 spiro atoms. The highest BCUT2D eigenvalue weighted by atomic mass is 32.1. The Morgan fingerprint density at radius 1 is 0.964 bits per heavy atom. The number of nitrogens with one attached hydrogen (secondary N) is 1. The van der Waals surface area contributed by atoms with Crippen LogP contribution in [0.5, 0.6) is 0 Å². The molecule has 1 heterocycles. The summed E-state index contributed by atoms with van der Waals surface area (Å²) >= 11 is 5.78. The Bertz CT molecular complexity index is 514. The van der Waals surface area contributed by atoms with Gasteiger partial charge >= 0.3 is 0 Å². The van der Waals surface area contributed by atoms with E-state index in [1.807, 2.05) is 12.4 Å². The van der Waals surface area contributed by atoms with Crippen molar-refractivity contribution in [2.75, 3.05) is 6.54 Å². The normalized spacial score (nSPS) is 14.3. The zero-order valence-corrected chi connectivity index (χ0v) is 18.8. The fraction of sp³-hybridized carbons (Fsp3) is 0.750. The van der Waals surface area contributed by atoms with Crippen LogP contribution in [-0.4, -0.2) is 27.6 Å². The van der Waals surface area contributed by atoms with E-state index in [9.17, 15) is 0 Å². The van der Waals surface area contributed by atoms with E-state index < -0.39 is 0 Å². The first-order valence-corrected chi connectivity index (χ1v) is 12.2. The Labute approximate surface area is 178 Å². The third-order valence-corrected chi connectivity index (χ3v) is 6.31. The lowest BCUT2D eigenvalue weighted by Gasteiger charge is -2.32. The Morgan fingerprint density at radius 3 is 2.14 bits per heavy atom. The van der Waals surface area contributed by atoms with Gasteiger partial charge in [-0.3, -0.25) is 4.98 Å². The highest BCUT2D eigenvalue weighted by molar-refractivity contribution is 7.80. The number of hydrogen-bond acceptors (Lipinski definition) is 2. The lowest BCUT2D eigenvalue weighted by Crippen LogP contribution is -2.44. The summed E-state index contributed by atoms with van der Waals surface area (Å²) in [5, 5.41) is 4.49. The predicted molar refractivity (Wildman–Crippen MR) is 124 cm³/mol. The maximum absolute atomic E-state index is 5.78. The minimum Gasteiger partial charge on any atom is -0.363 e. The van der Waals surface area contributed by atoms with Crippen molar-refractivity contribution in [3.05, 3.63) is 30.1 Å². The predicted octanol–water partition coefficient (Wildman–Crippen LogP) is 6.62. The lowest BCUT2D eigenvalue weighted by atomic mass is 10.1. The summed E-state index contributed by atoms with van der Waals surface area (Å²) in [6.45, 7) is 4.19. The molecular formula is C24H41N3S. The zero-order valence-electron chi connectivity index (χ0n) is 18.0. The molecule has 1 saturated carbocycles. The van der Waals surface area contributed by atoms with E-state index in [2.05, 4.69) is 34.3 Å². The fourth-order valence-corrected chi connectivity index (χ4v) is 4.49. The van der Waals surface area contributed by atoms with Crippen molar-refractivity contribution in [2.24, 2.45) is 0 Å².